The molecule has 0 saturated carbocycles. The molecule has 1 saturated heterocycles. The first-order valence-electron chi connectivity index (χ1n) is 4.16. The number of nitrogens with one attached hydrogen (secondary N) is 1. The van der Waals surface area contributed by atoms with Crippen LogP contribution >= 0.6 is 0 Å². The Morgan fingerprint density at radius 1 is 1.45 bits per heavy atom. The fourth-order valence-electron chi connectivity index (χ4n) is 1.45. The molecule has 1 unspecified atom stereocenters. The van der Waals surface area contributed by atoms with Gasteiger partial charge in [-0.05, 0) is 11.8 Å². The first-order valence-corrected chi connectivity index (χ1v) is 4.16. The number of carbonyl (C=O) groups is 1. The van der Waals surface area contributed by atoms with Gasteiger partial charge in [-0.25, -0.2) is 0 Å². The number of hydrogen-bond donors (Lipinski definition) is 1. The lowest BCUT2D eigenvalue weighted by Crippen LogP contribution is -2.39. The van der Waals surface area contributed by atoms with E-state index in [-0.39, 0.29) is 16.7 Å². The lowest BCUT2D eigenvalue weighted by molar-refractivity contribution is -0.131. The second-order valence-electron chi connectivity index (χ2n) is 4.59. The van der Waals surface area contributed by atoms with Crippen LogP contribution in [0.2, 0.25) is 0 Å². The SMILES string of the molecule is CC(C)(C)C1(C)CCNC1=O. The molecular formula is C9H17NO. The number of carbonyl (C=O) groups excluding carboxylic acids is 1. The smallest absolute Gasteiger partial charge is 0.226 e. The summed E-state index contributed by atoms with van der Waals surface area (Å²) in [7, 11) is 0. The van der Waals surface area contributed by atoms with Crippen molar-refractivity contribution in [2.75, 3.05) is 6.54 Å². The standard InChI is InChI=1S/C9H17NO/c1-8(2,3)9(4)5-6-10-7(9)11/h5-6H2,1-4H3,(H,10,11). The molecule has 2 nitrogen and oxygen atoms in total. The molecule has 0 aromatic carbocycles. The minimum atomic E-state index is -0.160. The first kappa shape index (κ1) is 8.57. The van der Waals surface area contributed by atoms with Gasteiger partial charge < -0.3 is 5.32 Å². The highest BCUT2D eigenvalue weighted by molar-refractivity contribution is 5.85. The van der Waals surface area contributed by atoms with Crippen molar-refractivity contribution in [1.82, 2.24) is 5.32 Å². The molecule has 1 rings (SSSR count). The van der Waals surface area contributed by atoms with Crippen LogP contribution in [0.1, 0.15) is 34.1 Å². The third-order valence-corrected chi connectivity index (χ3v) is 3.07. The Kier molecular flexibility index (Phi) is 1.73. The Bertz CT molecular complexity index is 180. The third-order valence-electron chi connectivity index (χ3n) is 3.07. The summed E-state index contributed by atoms with van der Waals surface area (Å²) in [6.45, 7) is 9.26. The lowest BCUT2D eigenvalue weighted by Gasteiger charge is -2.35. The van der Waals surface area contributed by atoms with Crippen LogP contribution in [0.5, 0.6) is 0 Å². The van der Waals surface area contributed by atoms with E-state index in [1.807, 2.05) is 0 Å². The Morgan fingerprint density at radius 3 is 2.18 bits per heavy atom. The first-order chi connectivity index (χ1) is 4.88. The van der Waals surface area contributed by atoms with Crippen LogP contribution in [0, 0.1) is 10.8 Å². The molecule has 1 atom stereocenters. The van der Waals surface area contributed by atoms with Crippen molar-refractivity contribution in [2.24, 2.45) is 10.8 Å². The van der Waals surface area contributed by atoms with Crippen molar-refractivity contribution in [1.29, 1.82) is 0 Å². The predicted octanol–water partition coefficient (Wildman–Crippen LogP) is 1.56. The van der Waals surface area contributed by atoms with Crippen molar-refractivity contribution in [3.05, 3.63) is 0 Å². The highest BCUT2D eigenvalue weighted by atomic mass is 16.2. The van der Waals surface area contributed by atoms with E-state index in [4.69, 9.17) is 0 Å². The zero-order chi connectivity index (χ0) is 8.70. The Balaban J connectivity index is 2.90. The van der Waals surface area contributed by atoms with E-state index in [1.165, 1.54) is 0 Å². The fraction of sp³-hybridized carbons (Fsp3) is 0.889. The van der Waals surface area contributed by atoms with Gasteiger partial charge >= 0.3 is 0 Å². The molecular weight excluding hydrogens is 138 g/mol. The van der Waals surface area contributed by atoms with Gasteiger partial charge in [-0.1, -0.05) is 27.7 Å². The summed E-state index contributed by atoms with van der Waals surface area (Å²) in [5, 5.41) is 2.88. The lowest BCUT2D eigenvalue weighted by atomic mass is 9.67. The Morgan fingerprint density at radius 2 is 2.00 bits per heavy atom. The molecule has 1 N–H and O–H groups in total. The van der Waals surface area contributed by atoms with Crippen molar-refractivity contribution >= 4 is 5.91 Å². The fourth-order valence-corrected chi connectivity index (χ4v) is 1.45. The van der Waals surface area contributed by atoms with E-state index < -0.39 is 0 Å². The van der Waals surface area contributed by atoms with Gasteiger partial charge in [-0.15, -0.1) is 0 Å². The van der Waals surface area contributed by atoms with Gasteiger partial charge in [0.25, 0.3) is 0 Å². The highest BCUT2D eigenvalue weighted by Crippen LogP contribution is 2.43. The van der Waals surface area contributed by atoms with Gasteiger partial charge in [-0.2, -0.15) is 0 Å². The summed E-state index contributed by atoms with van der Waals surface area (Å²) in [5.74, 6) is 0.213. The maximum atomic E-state index is 11.4. The van der Waals surface area contributed by atoms with Gasteiger partial charge in [0.2, 0.25) is 5.91 Å². The van der Waals surface area contributed by atoms with E-state index in [9.17, 15) is 4.79 Å². The van der Waals surface area contributed by atoms with Gasteiger partial charge in [0.15, 0.2) is 0 Å². The average molecular weight is 155 g/mol. The van der Waals surface area contributed by atoms with Crippen molar-refractivity contribution in [3.63, 3.8) is 0 Å². The van der Waals surface area contributed by atoms with Gasteiger partial charge in [0.05, 0.1) is 5.41 Å². The quantitative estimate of drug-likeness (QED) is 0.565. The normalized spacial score (nSPS) is 32.2. The van der Waals surface area contributed by atoms with Gasteiger partial charge in [0, 0.05) is 6.54 Å². The maximum absolute atomic E-state index is 11.4. The van der Waals surface area contributed by atoms with E-state index in [0.29, 0.717) is 0 Å². The monoisotopic (exact) mass is 155 g/mol. The van der Waals surface area contributed by atoms with Crippen LogP contribution < -0.4 is 5.32 Å². The molecule has 0 spiro atoms. The second-order valence-corrected chi connectivity index (χ2v) is 4.59. The van der Waals surface area contributed by atoms with E-state index in [0.717, 1.165) is 13.0 Å². The van der Waals surface area contributed by atoms with Crippen molar-refractivity contribution in [3.8, 4) is 0 Å². The topological polar surface area (TPSA) is 29.1 Å². The van der Waals surface area contributed by atoms with Gasteiger partial charge in [0.1, 0.15) is 0 Å². The number of amides is 1. The molecule has 1 amide bonds. The summed E-state index contributed by atoms with van der Waals surface area (Å²) in [6.07, 6.45) is 0.968. The molecule has 1 heterocycles. The summed E-state index contributed by atoms with van der Waals surface area (Å²) >= 11 is 0. The predicted molar refractivity (Wildman–Crippen MR) is 45.2 cm³/mol. The molecule has 64 valence electrons. The van der Waals surface area contributed by atoms with E-state index in [1.54, 1.807) is 0 Å². The van der Waals surface area contributed by atoms with Crippen LogP contribution in [0.25, 0.3) is 0 Å². The molecule has 0 radical (unpaired) electrons. The summed E-state index contributed by atoms with van der Waals surface area (Å²) in [6, 6.07) is 0. The maximum Gasteiger partial charge on any atom is 0.226 e. The molecule has 2 heteroatoms. The number of hydrogen-bond acceptors (Lipinski definition) is 1. The molecule has 1 fully saturated rings. The largest absolute Gasteiger partial charge is 0.356 e. The zero-order valence-electron chi connectivity index (χ0n) is 7.82. The van der Waals surface area contributed by atoms with Crippen LogP contribution in [0.3, 0.4) is 0 Å². The minimum absolute atomic E-state index is 0.0770. The van der Waals surface area contributed by atoms with E-state index >= 15 is 0 Å². The van der Waals surface area contributed by atoms with Crippen molar-refractivity contribution < 1.29 is 4.79 Å². The van der Waals surface area contributed by atoms with Crippen LogP contribution in [-0.4, -0.2) is 12.5 Å². The van der Waals surface area contributed by atoms with Crippen LogP contribution in [0.15, 0.2) is 0 Å². The van der Waals surface area contributed by atoms with E-state index in [2.05, 4.69) is 33.0 Å². The number of rotatable bonds is 0. The second kappa shape index (κ2) is 2.23. The van der Waals surface area contributed by atoms with Crippen LogP contribution in [0.4, 0.5) is 0 Å². The molecule has 0 aromatic heterocycles. The van der Waals surface area contributed by atoms with Crippen LogP contribution in [-0.2, 0) is 4.79 Å². The molecule has 0 aliphatic carbocycles. The van der Waals surface area contributed by atoms with Crippen molar-refractivity contribution in [2.45, 2.75) is 34.1 Å². The summed E-state index contributed by atoms with van der Waals surface area (Å²) in [5.41, 5.74) is -0.0828. The minimum Gasteiger partial charge on any atom is -0.356 e. The Labute approximate surface area is 68.4 Å². The molecule has 1 aliphatic heterocycles. The molecule has 11 heavy (non-hydrogen) atoms. The molecule has 1 aliphatic rings. The third kappa shape index (κ3) is 1.15. The average Bonchev–Trinajstić information content (AvgIpc) is 2.12. The molecule has 0 bridgehead atoms. The Hall–Kier alpha value is -0.530. The van der Waals surface area contributed by atoms with Gasteiger partial charge in [-0.3, -0.25) is 4.79 Å². The summed E-state index contributed by atoms with van der Waals surface area (Å²) < 4.78 is 0. The summed E-state index contributed by atoms with van der Waals surface area (Å²) in [4.78, 5) is 11.4. The highest BCUT2D eigenvalue weighted by Gasteiger charge is 2.46. The zero-order valence-corrected chi connectivity index (χ0v) is 7.82. The molecule has 0 aromatic rings.